The first-order valence-electron chi connectivity index (χ1n) is 4.62. The SMILES string of the molecule is CC(CCBr)NC(=O)c1ncccc1Br. The van der Waals surface area contributed by atoms with Gasteiger partial charge in [-0.05, 0) is 41.4 Å². The smallest absolute Gasteiger partial charge is 0.271 e. The summed E-state index contributed by atoms with van der Waals surface area (Å²) in [7, 11) is 0. The van der Waals surface area contributed by atoms with Crippen molar-refractivity contribution < 1.29 is 4.79 Å². The number of nitrogens with zero attached hydrogens (tertiary/aromatic N) is 1. The maximum Gasteiger partial charge on any atom is 0.271 e. The number of nitrogens with one attached hydrogen (secondary N) is 1. The molecule has 0 saturated heterocycles. The van der Waals surface area contributed by atoms with E-state index in [9.17, 15) is 4.79 Å². The Kier molecular flexibility index (Phi) is 5.25. The first-order valence-corrected chi connectivity index (χ1v) is 6.54. The van der Waals surface area contributed by atoms with Crippen LogP contribution in [-0.4, -0.2) is 22.3 Å². The zero-order valence-electron chi connectivity index (χ0n) is 8.34. The molecule has 82 valence electrons. The van der Waals surface area contributed by atoms with Gasteiger partial charge in [0.1, 0.15) is 5.69 Å². The van der Waals surface area contributed by atoms with Crippen LogP contribution in [0.1, 0.15) is 23.8 Å². The lowest BCUT2D eigenvalue weighted by atomic mass is 10.2. The molecule has 0 aliphatic rings. The molecule has 1 amide bonds. The van der Waals surface area contributed by atoms with Crippen molar-refractivity contribution in [3.8, 4) is 0 Å². The number of hydrogen-bond donors (Lipinski definition) is 1. The summed E-state index contributed by atoms with van der Waals surface area (Å²) in [5, 5.41) is 3.75. The zero-order valence-corrected chi connectivity index (χ0v) is 11.5. The Bertz CT molecular complexity index is 344. The summed E-state index contributed by atoms with van der Waals surface area (Å²) >= 11 is 6.63. The van der Waals surface area contributed by atoms with Gasteiger partial charge in [0, 0.05) is 22.0 Å². The van der Waals surface area contributed by atoms with Gasteiger partial charge in [-0.1, -0.05) is 15.9 Å². The summed E-state index contributed by atoms with van der Waals surface area (Å²) in [6.07, 6.45) is 2.50. The maximum atomic E-state index is 11.7. The predicted octanol–water partition coefficient (Wildman–Crippen LogP) is 2.75. The number of carbonyl (C=O) groups excluding carboxylic acids is 1. The van der Waals surface area contributed by atoms with Gasteiger partial charge >= 0.3 is 0 Å². The second-order valence-electron chi connectivity index (χ2n) is 3.19. The Labute approximate surface area is 106 Å². The molecule has 1 aromatic heterocycles. The Morgan fingerprint density at radius 1 is 1.67 bits per heavy atom. The van der Waals surface area contributed by atoms with Gasteiger partial charge in [-0.15, -0.1) is 0 Å². The molecule has 15 heavy (non-hydrogen) atoms. The Balaban J connectivity index is 2.65. The van der Waals surface area contributed by atoms with Crippen molar-refractivity contribution in [3.63, 3.8) is 0 Å². The molecule has 0 radical (unpaired) electrons. The van der Waals surface area contributed by atoms with Crippen molar-refractivity contribution in [3.05, 3.63) is 28.5 Å². The predicted molar refractivity (Wildman–Crippen MR) is 67.3 cm³/mol. The second-order valence-corrected chi connectivity index (χ2v) is 4.83. The van der Waals surface area contributed by atoms with E-state index in [4.69, 9.17) is 0 Å². The summed E-state index contributed by atoms with van der Waals surface area (Å²) in [4.78, 5) is 15.8. The summed E-state index contributed by atoms with van der Waals surface area (Å²) in [6, 6.07) is 3.73. The first-order chi connectivity index (χ1) is 7.15. The van der Waals surface area contributed by atoms with Gasteiger partial charge in [0.15, 0.2) is 0 Å². The quantitative estimate of drug-likeness (QED) is 0.860. The molecule has 1 rings (SSSR count). The molecule has 0 spiro atoms. The van der Waals surface area contributed by atoms with Crippen LogP contribution in [0.3, 0.4) is 0 Å². The van der Waals surface area contributed by atoms with Gasteiger partial charge in [-0.2, -0.15) is 0 Å². The van der Waals surface area contributed by atoms with Crippen LogP contribution in [0.4, 0.5) is 0 Å². The minimum Gasteiger partial charge on any atom is -0.348 e. The van der Waals surface area contributed by atoms with Crippen LogP contribution in [0.15, 0.2) is 22.8 Å². The van der Waals surface area contributed by atoms with Gasteiger partial charge in [0.25, 0.3) is 5.91 Å². The molecule has 1 unspecified atom stereocenters. The largest absolute Gasteiger partial charge is 0.348 e. The van der Waals surface area contributed by atoms with E-state index in [-0.39, 0.29) is 11.9 Å². The normalized spacial score (nSPS) is 12.2. The van der Waals surface area contributed by atoms with E-state index in [1.54, 1.807) is 18.3 Å². The molecule has 0 saturated carbocycles. The van der Waals surface area contributed by atoms with Crippen molar-refractivity contribution in [1.82, 2.24) is 10.3 Å². The van der Waals surface area contributed by atoms with E-state index < -0.39 is 0 Å². The minimum atomic E-state index is -0.143. The van der Waals surface area contributed by atoms with Crippen molar-refractivity contribution >= 4 is 37.8 Å². The highest BCUT2D eigenvalue weighted by atomic mass is 79.9. The van der Waals surface area contributed by atoms with Crippen LogP contribution in [0.25, 0.3) is 0 Å². The summed E-state index contributed by atoms with van der Waals surface area (Å²) in [6.45, 7) is 1.97. The highest BCUT2D eigenvalue weighted by Crippen LogP contribution is 2.13. The van der Waals surface area contributed by atoms with Crippen LogP contribution in [-0.2, 0) is 0 Å². The van der Waals surface area contributed by atoms with E-state index in [1.165, 1.54) is 0 Å². The van der Waals surface area contributed by atoms with Gasteiger partial charge in [-0.3, -0.25) is 4.79 Å². The lowest BCUT2D eigenvalue weighted by Gasteiger charge is -2.12. The third kappa shape index (κ3) is 3.91. The van der Waals surface area contributed by atoms with Crippen LogP contribution >= 0.6 is 31.9 Å². The Morgan fingerprint density at radius 3 is 3.00 bits per heavy atom. The van der Waals surface area contributed by atoms with E-state index in [0.717, 1.165) is 11.8 Å². The number of aromatic nitrogens is 1. The molecule has 0 aliphatic heterocycles. The van der Waals surface area contributed by atoms with Gasteiger partial charge in [-0.25, -0.2) is 4.98 Å². The molecule has 1 heterocycles. The van der Waals surface area contributed by atoms with Crippen molar-refractivity contribution in [1.29, 1.82) is 0 Å². The van der Waals surface area contributed by atoms with Crippen molar-refractivity contribution in [2.24, 2.45) is 0 Å². The molecule has 0 aromatic carbocycles. The van der Waals surface area contributed by atoms with Crippen LogP contribution in [0.5, 0.6) is 0 Å². The molecule has 1 N–H and O–H groups in total. The zero-order chi connectivity index (χ0) is 11.3. The van der Waals surface area contributed by atoms with Gasteiger partial charge < -0.3 is 5.32 Å². The molecule has 1 atom stereocenters. The van der Waals surface area contributed by atoms with Crippen molar-refractivity contribution in [2.75, 3.05) is 5.33 Å². The highest BCUT2D eigenvalue weighted by Gasteiger charge is 2.12. The standard InChI is InChI=1S/C10H12Br2N2O/c1-7(4-5-11)14-10(15)9-8(12)3-2-6-13-9/h2-3,6-7H,4-5H2,1H3,(H,14,15). The first kappa shape index (κ1) is 12.6. The topological polar surface area (TPSA) is 42.0 Å². The fourth-order valence-electron chi connectivity index (χ4n) is 1.08. The van der Waals surface area contributed by atoms with Crippen LogP contribution < -0.4 is 5.32 Å². The molecule has 5 heteroatoms. The fourth-order valence-corrected chi connectivity index (χ4v) is 2.20. The number of hydrogen-bond acceptors (Lipinski definition) is 2. The number of amides is 1. The maximum absolute atomic E-state index is 11.7. The van der Waals surface area contributed by atoms with Gasteiger partial charge in [0.2, 0.25) is 0 Å². The summed E-state index contributed by atoms with van der Waals surface area (Å²) < 4.78 is 0.716. The number of alkyl halides is 1. The van der Waals surface area contributed by atoms with E-state index in [1.807, 2.05) is 6.92 Å². The third-order valence-corrected chi connectivity index (χ3v) is 2.99. The van der Waals surface area contributed by atoms with Crippen LogP contribution in [0.2, 0.25) is 0 Å². The summed E-state index contributed by atoms with van der Waals surface area (Å²) in [5.41, 5.74) is 0.430. The molecule has 0 bridgehead atoms. The van der Waals surface area contributed by atoms with E-state index in [2.05, 4.69) is 42.2 Å². The molecule has 1 aromatic rings. The Morgan fingerprint density at radius 2 is 2.40 bits per heavy atom. The molecule has 3 nitrogen and oxygen atoms in total. The molecular weight excluding hydrogens is 324 g/mol. The average Bonchev–Trinajstić information content (AvgIpc) is 2.18. The third-order valence-electron chi connectivity index (χ3n) is 1.89. The van der Waals surface area contributed by atoms with Crippen molar-refractivity contribution in [2.45, 2.75) is 19.4 Å². The second kappa shape index (κ2) is 6.23. The van der Waals surface area contributed by atoms with E-state index >= 15 is 0 Å². The number of pyridine rings is 1. The van der Waals surface area contributed by atoms with Gasteiger partial charge in [0.05, 0.1) is 0 Å². The number of carbonyl (C=O) groups is 1. The molecular formula is C10H12Br2N2O. The molecule has 0 aliphatic carbocycles. The average molecular weight is 336 g/mol. The Hall–Kier alpha value is -0.420. The lowest BCUT2D eigenvalue weighted by Crippen LogP contribution is -2.33. The minimum absolute atomic E-state index is 0.143. The highest BCUT2D eigenvalue weighted by molar-refractivity contribution is 9.10. The monoisotopic (exact) mass is 334 g/mol. The number of rotatable bonds is 4. The fraction of sp³-hybridized carbons (Fsp3) is 0.400. The van der Waals surface area contributed by atoms with E-state index in [0.29, 0.717) is 10.2 Å². The summed E-state index contributed by atoms with van der Waals surface area (Å²) in [5.74, 6) is -0.143. The van der Waals surface area contributed by atoms with Crippen LogP contribution in [0, 0.1) is 0 Å². The lowest BCUT2D eigenvalue weighted by molar-refractivity contribution is 0.0933. The number of halogens is 2. The molecule has 0 fully saturated rings.